The number of rotatable bonds is 4. The van der Waals surface area contributed by atoms with Gasteiger partial charge in [-0.15, -0.1) is 0 Å². The summed E-state index contributed by atoms with van der Waals surface area (Å²) in [5.74, 6) is 0.728. The van der Waals surface area contributed by atoms with Crippen molar-refractivity contribution in [2.24, 2.45) is 0 Å². The molecule has 0 amide bonds. The summed E-state index contributed by atoms with van der Waals surface area (Å²) >= 11 is 0. The maximum Gasteiger partial charge on any atom is 0.123 e. The van der Waals surface area contributed by atoms with Crippen LogP contribution in [-0.2, 0) is 25.9 Å². The number of benzene rings is 2. The molecule has 136 valence electrons. The second kappa shape index (κ2) is 6.76. The van der Waals surface area contributed by atoms with Gasteiger partial charge in [0.05, 0.1) is 7.11 Å². The maximum absolute atomic E-state index is 13.5. The Bertz CT molecular complexity index is 947. The predicted molar refractivity (Wildman–Crippen MR) is 103 cm³/mol. The molecule has 0 N–H and O–H groups in total. The van der Waals surface area contributed by atoms with E-state index in [0.29, 0.717) is 6.04 Å². The average molecular weight is 352 g/mol. The SMILES string of the molecule is COc1ccc2c(c1)c1c(n2CCc2cccc(F)c2)CC(C)N(C)C1. The van der Waals surface area contributed by atoms with Gasteiger partial charge in [-0.3, -0.25) is 4.90 Å². The van der Waals surface area contributed by atoms with Crippen LogP contribution in [0.2, 0.25) is 0 Å². The zero-order chi connectivity index (χ0) is 18.3. The quantitative estimate of drug-likeness (QED) is 0.692. The Labute approximate surface area is 154 Å². The minimum Gasteiger partial charge on any atom is -0.497 e. The Morgan fingerprint density at radius 3 is 2.81 bits per heavy atom. The fraction of sp³-hybridized carbons (Fsp3) is 0.364. The predicted octanol–water partition coefficient (Wildman–Crippen LogP) is 4.41. The van der Waals surface area contributed by atoms with Crippen molar-refractivity contribution in [2.75, 3.05) is 14.2 Å². The summed E-state index contributed by atoms with van der Waals surface area (Å²) in [5, 5.41) is 1.28. The first kappa shape index (κ1) is 17.1. The summed E-state index contributed by atoms with van der Waals surface area (Å²) < 4.78 is 21.4. The molecule has 1 unspecified atom stereocenters. The maximum atomic E-state index is 13.5. The molecule has 0 fully saturated rings. The number of aryl methyl sites for hydroxylation is 2. The first-order valence-electron chi connectivity index (χ1n) is 9.19. The number of ether oxygens (including phenoxy) is 1. The molecule has 3 aromatic rings. The third-order valence-corrected chi connectivity index (χ3v) is 5.66. The molecule has 2 heterocycles. The number of likely N-dealkylation sites (N-methyl/N-ethyl adjacent to an activating group) is 1. The van der Waals surface area contributed by atoms with Crippen molar-refractivity contribution in [3.05, 3.63) is 65.1 Å². The Balaban J connectivity index is 1.76. The first-order valence-corrected chi connectivity index (χ1v) is 9.19. The van der Waals surface area contributed by atoms with Gasteiger partial charge in [0.2, 0.25) is 0 Å². The molecular formula is C22H25FN2O. The van der Waals surface area contributed by atoms with Crippen LogP contribution >= 0.6 is 0 Å². The van der Waals surface area contributed by atoms with E-state index in [1.54, 1.807) is 19.2 Å². The van der Waals surface area contributed by atoms with Crippen molar-refractivity contribution < 1.29 is 9.13 Å². The number of fused-ring (bicyclic) bond motifs is 3. The van der Waals surface area contributed by atoms with E-state index in [2.05, 4.69) is 35.6 Å². The number of aromatic nitrogens is 1. The van der Waals surface area contributed by atoms with Crippen LogP contribution in [0.4, 0.5) is 4.39 Å². The fourth-order valence-corrected chi connectivity index (χ4v) is 4.02. The zero-order valence-electron chi connectivity index (χ0n) is 15.6. The molecule has 26 heavy (non-hydrogen) atoms. The number of hydrogen-bond acceptors (Lipinski definition) is 2. The number of methoxy groups -OCH3 is 1. The molecule has 4 heteroatoms. The summed E-state index contributed by atoms with van der Waals surface area (Å²) in [6.07, 6.45) is 1.86. The van der Waals surface area contributed by atoms with Gasteiger partial charge in [0.15, 0.2) is 0 Å². The van der Waals surface area contributed by atoms with Crippen LogP contribution in [0.15, 0.2) is 42.5 Å². The monoisotopic (exact) mass is 352 g/mol. The van der Waals surface area contributed by atoms with Gasteiger partial charge in [0.25, 0.3) is 0 Å². The summed E-state index contributed by atoms with van der Waals surface area (Å²) in [4.78, 5) is 2.40. The second-order valence-electron chi connectivity index (χ2n) is 7.31. The molecule has 1 aromatic heterocycles. The molecule has 0 saturated heterocycles. The van der Waals surface area contributed by atoms with Crippen LogP contribution in [-0.4, -0.2) is 29.7 Å². The van der Waals surface area contributed by atoms with Crippen LogP contribution in [0.25, 0.3) is 10.9 Å². The molecule has 1 aliphatic rings. The van der Waals surface area contributed by atoms with E-state index < -0.39 is 0 Å². The van der Waals surface area contributed by atoms with Crippen molar-refractivity contribution in [2.45, 2.75) is 38.9 Å². The van der Waals surface area contributed by atoms with E-state index in [9.17, 15) is 4.39 Å². The number of nitrogens with zero attached hydrogens (tertiary/aromatic N) is 2. The molecule has 0 bridgehead atoms. The lowest BCUT2D eigenvalue weighted by atomic mass is 10.00. The van der Waals surface area contributed by atoms with Crippen molar-refractivity contribution >= 4 is 10.9 Å². The minimum atomic E-state index is -0.165. The smallest absolute Gasteiger partial charge is 0.123 e. The normalized spacial score (nSPS) is 17.5. The van der Waals surface area contributed by atoms with Crippen LogP contribution in [0.1, 0.15) is 23.7 Å². The molecule has 1 atom stereocenters. The summed E-state index contributed by atoms with van der Waals surface area (Å²) in [7, 11) is 3.90. The van der Waals surface area contributed by atoms with Crippen molar-refractivity contribution in [1.29, 1.82) is 0 Å². The third-order valence-electron chi connectivity index (χ3n) is 5.66. The molecule has 1 aliphatic heterocycles. The highest BCUT2D eigenvalue weighted by Gasteiger charge is 2.26. The van der Waals surface area contributed by atoms with Gasteiger partial charge in [-0.1, -0.05) is 12.1 Å². The van der Waals surface area contributed by atoms with Crippen LogP contribution in [0.3, 0.4) is 0 Å². The third kappa shape index (κ3) is 2.99. The van der Waals surface area contributed by atoms with E-state index in [0.717, 1.165) is 37.2 Å². The highest BCUT2D eigenvalue weighted by molar-refractivity contribution is 5.87. The van der Waals surface area contributed by atoms with Gasteiger partial charge in [-0.2, -0.15) is 0 Å². The minimum absolute atomic E-state index is 0.165. The first-order chi connectivity index (χ1) is 12.6. The Hall–Kier alpha value is -2.33. The molecule has 3 nitrogen and oxygen atoms in total. The van der Waals surface area contributed by atoms with Crippen LogP contribution in [0, 0.1) is 5.82 Å². The fourth-order valence-electron chi connectivity index (χ4n) is 4.02. The highest BCUT2D eigenvalue weighted by atomic mass is 19.1. The lowest BCUT2D eigenvalue weighted by Gasteiger charge is -2.31. The lowest BCUT2D eigenvalue weighted by Crippen LogP contribution is -2.35. The molecule has 0 aliphatic carbocycles. The van der Waals surface area contributed by atoms with Gasteiger partial charge >= 0.3 is 0 Å². The van der Waals surface area contributed by atoms with Gasteiger partial charge < -0.3 is 9.30 Å². The topological polar surface area (TPSA) is 17.4 Å². The van der Waals surface area contributed by atoms with E-state index in [1.807, 2.05) is 12.1 Å². The molecule has 4 rings (SSSR count). The molecular weight excluding hydrogens is 327 g/mol. The van der Waals surface area contributed by atoms with E-state index in [1.165, 1.54) is 28.2 Å². The van der Waals surface area contributed by atoms with Gasteiger partial charge in [-0.05, 0) is 61.9 Å². The summed E-state index contributed by atoms with van der Waals surface area (Å²) in [6.45, 7) is 4.09. The molecule has 0 radical (unpaired) electrons. The van der Waals surface area contributed by atoms with E-state index >= 15 is 0 Å². The molecule has 0 spiro atoms. The largest absolute Gasteiger partial charge is 0.497 e. The van der Waals surface area contributed by atoms with E-state index in [4.69, 9.17) is 4.74 Å². The van der Waals surface area contributed by atoms with Crippen LogP contribution in [0.5, 0.6) is 5.75 Å². The summed E-state index contributed by atoms with van der Waals surface area (Å²) in [6, 6.07) is 13.8. The standard InChI is InChI=1S/C22H25FN2O/c1-15-11-22-20(14-24(15)2)19-13-18(26-3)7-8-21(19)25(22)10-9-16-5-4-6-17(23)12-16/h4-8,12-13,15H,9-11,14H2,1-3H3. The van der Waals surface area contributed by atoms with Gasteiger partial charge in [0.1, 0.15) is 11.6 Å². The highest BCUT2D eigenvalue weighted by Crippen LogP contribution is 2.34. The Morgan fingerprint density at radius 1 is 1.19 bits per heavy atom. The number of hydrogen-bond donors (Lipinski definition) is 0. The average Bonchev–Trinajstić information content (AvgIpc) is 2.92. The second-order valence-corrected chi connectivity index (χ2v) is 7.31. The lowest BCUT2D eigenvalue weighted by molar-refractivity contribution is 0.228. The number of halogens is 1. The Morgan fingerprint density at radius 2 is 2.04 bits per heavy atom. The van der Waals surface area contributed by atoms with Gasteiger partial charge in [-0.25, -0.2) is 4.39 Å². The van der Waals surface area contributed by atoms with Crippen molar-refractivity contribution in [1.82, 2.24) is 9.47 Å². The van der Waals surface area contributed by atoms with Crippen molar-refractivity contribution in [3.63, 3.8) is 0 Å². The Kier molecular flexibility index (Phi) is 4.45. The molecule has 2 aromatic carbocycles. The summed E-state index contributed by atoms with van der Waals surface area (Å²) in [5.41, 5.74) is 5.10. The van der Waals surface area contributed by atoms with Crippen LogP contribution < -0.4 is 4.74 Å². The van der Waals surface area contributed by atoms with Gasteiger partial charge in [0, 0.05) is 42.1 Å². The van der Waals surface area contributed by atoms with Crippen molar-refractivity contribution in [3.8, 4) is 5.75 Å². The zero-order valence-corrected chi connectivity index (χ0v) is 15.6. The molecule has 0 saturated carbocycles. The van der Waals surface area contributed by atoms with E-state index in [-0.39, 0.29) is 5.82 Å².